The van der Waals surface area contributed by atoms with Crippen LogP contribution in [0.4, 0.5) is 5.82 Å². The molecule has 132 valence electrons. The number of anilines is 1. The van der Waals surface area contributed by atoms with E-state index in [0.29, 0.717) is 50.7 Å². The van der Waals surface area contributed by atoms with Crippen molar-refractivity contribution >= 4 is 40.1 Å². The monoisotopic (exact) mass is 380 g/mol. The standard InChI is InChI=1S/C17H18Cl2N4O2/c1-4-11(8-24-3)22-17-16-15(20-9(2)21-17)14(23-25-16)12-6-5-10(18)7-13(12)19/h5-7,11H,4,8H2,1-3H3,(H,20,21,22). The highest BCUT2D eigenvalue weighted by molar-refractivity contribution is 6.36. The first kappa shape index (κ1) is 17.9. The van der Waals surface area contributed by atoms with Crippen molar-refractivity contribution in [2.24, 2.45) is 0 Å². The Labute approximate surface area is 155 Å². The lowest BCUT2D eigenvalue weighted by atomic mass is 10.1. The number of rotatable bonds is 6. The van der Waals surface area contributed by atoms with Crippen LogP contribution in [0.15, 0.2) is 22.7 Å². The number of halogens is 2. The molecule has 6 nitrogen and oxygen atoms in total. The zero-order valence-electron chi connectivity index (χ0n) is 14.1. The first-order chi connectivity index (χ1) is 12.0. The van der Waals surface area contributed by atoms with Gasteiger partial charge in [0.15, 0.2) is 5.82 Å². The molecule has 0 aliphatic carbocycles. The van der Waals surface area contributed by atoms with Crippen LogP contribution in [0, 0.1) is 6.92 Å². The fourth-order valence-electron chi connectivity index (χ4n) is 2.56. The van der Waals surface area contributed by atoms with Crippen LogP contribution in [0.5, 0.6) is 0 Å². The van der Waals surface area contributed by atoms with Gasteiger partial charge in [0.25, 0.3) is 0 Å². The molecule has 2 heterocycles. The van der Waals surface area contributed by atoms with E-state index in [0.717, 1.165) is 6.42 Å². The van der Waals surface area contributed by atoms with Crippen LogP contribution in [0.3, 0.4) is 0 Å². The summed E-state index contributed by atoms with van der Waals surface area (Å²) in [5, 5.41) is 8.54. The summed E-state index contributed by atoms with van der Waals surface area (Å²) in [5.41, 5.74) is 2.36. The maximum atomic E-state index is 6.31. The van der Waals surface area contributed by atoms with Crippen molar-refractivity contribution in [2.45, 2.75) is 26.3 Å². The Hall–Kier alpha value is -1.89. The number of fused-ring (bicyclic) bond motifs is 1. The molecule has 0 aliphatic rings. The minimum atomic E-state index is 0.107. The molecule has 0 aliphatic heterocycles. The van der Waals surface area contributed by atoms with Crippen molar-refractivity contribution < 1.29 is 9.26 Å². The van der Waals surface area contributed by atoms with E-state index in [1.165, 1.54) is 0 Å². The number of nitrogens with zero attached hydrogens (tertiary/aromatic N) is 3. The average Bonchev–Trinajstić information content (AvgIpc) is 2.98. The molecule has 0 spiro atoms. The van der Waals surface area contributed by atoms with Crippen molar-refractivity contribution in [3.05, 3.63) is 34.1 Å². The van der Waals surface area contributed by atoms with E-state index in [2.05, 4.69) is 27.4 Å². The normalized spacial score (nSPS) is 12.5. The zero-order valence-corrected chi connectivity index (χ0v) is 15.6. The van der Waals surface area contributed by atoms with Gasteiger partial charge in [0.2, 0.25) is 5.58 Å². The fourth-order valence-corrected chi connectivity index (χ4v) is 3.05. The molecule has 1 atom stereocenters. The second-order valence-electron chi connectivity index (χ2n) is 5.66. The third-order valence-electron chi connectivity index (χ3n) is 3.82. The molecule has 0 fully saturated rings. The van der Waals surface area contributed by atoms with Crippen LogP contribution < -0.4 is 5.32 Å². The van der Waals surface area contributed by atoms with E-state index in [4.69, 9.17) is 32.5 Å². The predicted molar refractivity (Wildman–Crippen MR) is 99.4 cm³/mol. The average molecular weight is 381 g/mol. The number of hydrogen-bond donors (Lipinski definition) is 1. The molecule has 1 unspecified atom stereocenters. The van der Waals surface area contributed by atoms with Crippen molar-refractivity contribution in [2.75, 3.05) is 19.0 Å². The summed E-state index contributed by atoms with van der Waals surface area (Å²) in [4.78, 5) is 8.93. The summed E-state index contributed by atoms with van der Waals surface area (Å²) >= 11 is 12.3. The Morgan fingerprint density at radius 1 is 1.28 bits per heavy atom. The Bertz CT molecular complexity index is 898. The molecule has 1 N–H and O–H groups in total. The molecule has 8 heteroatoms. The molecular weight excluding hydrogens is 363 g/mol. The topological polar surface area (TPSA) is 73.1 Å². The van der Waals surface area contributed by atoms with E-state index < -0.39 is 0 Å². The molecule has 3 rings (SSSR count). The van der Waals surface area contributed by atoms with E-state index in [1.807, 2.05) is 6.92 Å². The van der Waals surface area contributed by atoms with Gasteiger partial charge in [0, 0.05) is 17.7 Å². The van der Waals surface area contributed by atoms with Crippen LogP contribution >= 0.6 is 23.2 Å². The minimum absolute atomic E-state index is 0.107. The number of aryl methyl sites for hydroxylation is 1. The summed E-state index contributed by atoms with van der Waals surface area (Å²) in [7, 11) is 1.67. The number of hydrogen-bond acceptors (Lipinski definition) is 6. The van der Waals surface area contributed by atoms with Gasteiger partial charge in [-0.05, 0) is 31.5 Å². The molecular formula is C17H18Cl2N4O2. The Morgan fingerprint density at radius 3 is 2.76 bits per heavy atom. The van der Waals surface area contributed by atoms with Gasteiger partial charge in [0.1, 0.15) is 17.0 Å². The van der Waals surface area contributed by atoms with Crippen LogP contribution in [-0.2, 0) is 4.74 Å². The van der Waals surface area contributed by atoms with Gasteiger partial charge < -0.3 is 14.6 Å². The summed E-state index contributed by atoms with van der Waals surface area (Å²) < 4.78 is 10.8. The van der Waals surface area contributed by atoms with Crippen LogP contribution in [0.1, 0.15) is 19.2 Å². The molecule has 1 aromatic carbocycles. The third-order valence-corrected chi connectivity index (χ3v) is 4.37. The van der Waals surface area contributed by atoms with Crippen molar-refractivity contribution in [1.82, 2.24) is 15.1 Å². The largest absolute Gasteiger partial charge is 0.383 e. The lowest BCUT2D eigenvalue weighted by Crippen LogP contribution is -2.24. The third kappa shape index (κ3) is 3.71. The SMILES string of the molecule is CCC(COC)Nc1nc(C)nc2c(-c3ccc(Cl)cc3Cl)noc12. The Balaban J connectivity index is 2.09. The number of ether oxygens (including phenoxy) is 1. The molecule has 0 saturated heterocycles. The highest BCUT2D eigenvalue weighted by Crippen LogP contribution is 2.35. The Kier molecular flexibility index (Phi) is 5.42. The van der Waals surface area contributed by atoms with E-state index in [9.17, 15) is 0 Å². The number of nitrogens with one attached hydrogen (secondary N) is 1. The molecule has 0 bridgehead atoms. The van der Waals surface area contributed by atoms with Gasteiger partial charge in [-0.15, -0.1) is 0 Å². The molecule has 3 aromatic rings. The predicted octanol–water partition coefficient (Wildman–Crippen LogP) is 4.74. The summed E-state index contributed by atoms with van der Waals surface area (Å²) in [6.45, 7) is 4.45. The number of benzene rings is 1. The van der Waals surface area contributed by atoms with Gasteiger partial charge in [-0.25, -0.2) is 9.97 Å². The van der Waals surface area contributed by atoms with Gasteiger partial charge >= 0.3 is 0 Å². The second kappa shape index (κ2) is 7.56. The molecule has 0 amide bonds. The van der Waals surface area contributed by atoms with E-state index in [1.54, 1.807) is 25.3 Å². The summed E-state index contributed by atoms with van der Waals surface area (Å²) in [5.74, 6) is 1.20. The lowest BCUT2D eigenvalue weighted by Gasteiger charge is -2.16. The van der Waals surface area contributed by atoms with Crippen LogP contribution in [0.25, 0.3) is 22.4 Å². The van der Waals surface area contributed by atoms with Crippen LogP contribution in [0.2, 0.25) is 10.0 Å². The summed E-state index contributed by atoms with van der Waals surface area (Å²) in [6.07, 6.45) is 0.877. The molecule has 2 aromatic heterocycles. The van der Waals surface area contributed by atoms with Gasteiger partial charge in [0.05, 0.1) is 17.7 Å². The fraction of sp³-hybridized carbons (Fsp3) is 0.353. The highest BCUT2D eigenvalue weighted by atomic mass is 35.5. The van der Waals surface area contributed by atoms with Gasteiger partial charge in [-0.3, -0.25) is 0 Å². The van der Waals surface area contributed by atoms with E-state index >= 15 is 0 Å². The Morgan fingerprint density at radius 2 is 2.08 bits per heavy atom. The van der Waals surface area contributed by atoms with E-state index in [-0.39, 0.29) is 6.04 Å². The van der Waals surface area contributed by atoms with Crippen molar-refractivity contribution in [3.8, 4) is 11.3 Å². The number of methoxy groups -OCH3 is 1. The number of aromatic nitrogens is 3. The first-order valence-corrected chi connectivity index (χ1v) is 8.64. The summed E-state index contributed by atoms with van der Waals surface area (Å²) in [6, 6.07) is 5.32. The zero-order chi connectivity index (χ0) is 18.0. The molecule has 25 heavy (non-hydrogen) atoms. The maximum absolute atomic E-state index is 6.31. The molecule has 0 radical (unpaired) electrons. The smallest absolute Gasteiger partial charge is 0.228 e. The second-order valence-corrected chi connectivity index (χ2v) is 6.50. The lowest BCUT2D eigenvalue weighted by molar-refractivity contribution is 0.184. The van der Waals surface area contributed by atoms with Crippen molar-refractivity contribution in [3.63, 3.8) is 0 Å². The van der Waals surface area contributed by atoms with Crippen LogP contribution in [-0.4, -0.2) is 34.9 Å². The minimum Gasteiger partial charge on any atom is -0.383 e. The first-order valence-electron chi connectivity index (χ1n) is 7.88. The van der Waals surface area contributed by atoms with Gasteiger partial charge in [-0.2, -0.15) is 0 Å². The molecule has 0 saturated carbocycles. The maximum Gasteiger partial charge on any atom is 0.228 e. The highest BCUT2D eigenvalue weighted by Gasteiger charge is 2.20. The quantitative estimate of drug-likeness (QED) is 0.665. The van der Waals surface area contributed by atoms with Crippen molar-refractivity contribution in [1.29, 1.82) is 0 Å². The van der Waals surface area contributed by atoms with Gasteiger partial charge in [-0.1, -0.05) is 35.3 Å².